The minimum atomic E-state index is -4.67. The van der Waals surface area contributed by atoms with E-state index in [0.717, 1.165) is 22.9 Å². The zero-order chi connectivity index (χ0) is 16.7. The molecule has 9 nitrogen and oxygen atoms in total. The van der Waals surface area contributed by atoms with Gasteiger partial charge in [0.2, 0.25) is 0 Å². The van der Waals surface area contributed by atoms with Crippen molar-refractivity contribution < 1.29 is 26.6 Å². The van der Waals surface area contributed by atoms with Crippen molar-refractivity contribution in [1.29, 1.82) is 0 Å². The molecular formula is C11H14N2O7S2. The van der Waals surface area contributed by atoms with Crippen LogP contribution < -0.4 is 5.56 Å². The molecule has 0 spiro atoms. The first-order valence-electron chi connectivity index (χ1n) is 5.97. The van der Waals surface area contributed by atoms with Crippen molar-refractivity contribution in [2.45, 2.75) is 23.1 Å². The zero-order valence-electron chi connectivity index (χ0n) is 11.3. The fourth-order valence-electron chi connectivity index (χ4n) is 1.87. The lowest BCUT2D eigenvalue weighted by atomic mass is 10.3. The van der Waals surface area contributed by atoms with Crippen LogP contribution in [0, 0.1) is 0 Å². The summed E-state index contributed by atoms with van der Waals surface area (Å²) in [5.41, 5.74) is -0.431. The Hall–Kier alpha value is -1.63. The van der Waals surface area contributed by atoms with Gasteiger partial charge in [0.05, 0.1) is 10.6 Å². The second-order valence-electron chi connectivity index (χ2n) is 4.43. The van der Waals surface area contributed by atoms with E-state index in [1.807, 2.05) is 0 Å². The number of hydrogen-bond donors (Lipinski definition) is 5. The topological polar surface area (TPSA) is 153 Å². The molecule has 2 aromatic rings. The van der Waals surface area contributed by atoms with Crippen LogP contribution in [-0.2, 0) is 16.5 Å². The van der Waals surface area contributed by atoms with Gasteiger partial charge in [-0.05, 0) is 24.6 Å². The Balaban J connectivity index is 2.80. The molecule has 0 aliphatic heterocycles. The van der Waals surface area contributed by atoms with Crippen LogP contribution in [0.25, 0.3) is 5.69 Å². The molecule has 0 radical (unpaired) electrons. The van der Waals surface area contributed by atoms with Gasteiger partial charge in [-0.1, -0.05) is 6.92 Å². The van der Waals surface area contributed by atoms with Gasteiger partial charge in [-0.2, -0.15) is 8.42 Å². The Morgan fingerprint density at radius 2 is 1.77 bits per heavy atom. The van der Waals surface area contributed by atoms with Crippen molar-refractivity contribution in [3.63, 3.8) is 0 Å². The van der Waals surface area contributed by atoms with Gasteiger partial charge in [-0.3, -0.25) is 14.4 Å². The highest BCUT2D eigenvalue weighted by Crippen LogP contribution is 2.44. The molecule has 122 valence electrons. The number of hydrogen-bond acceptors (Lipinski definition) is 6. The van der Waals surface area contributed by atoms with Gasteiger partial charge in [-0.25, -0.2) is 4.68 Å². The minimum Gasteiger partial charge on any atom is -0.304 e. The van der Waals surface area contributed by atoms with Gasteiger partial charge in [-0.15, -0.1) is 0 Å². The fraction of sp³-hybridized carbons (Fsp3) is 0.182. The summed E-state index contributed by atoms with van der Waals surface area (Å²) in [5, 5.41) is 2.63. The Morgan fingerprint density at radius 3 is 2.23 bits per heavy atom. The van der Waals surface area contributed by atoms with Gasteiger partial charge in [0.15, 0.2) is 0 Å². The number of H-pyrrole nitrogens is 1. The molecule has 0 unspecified atom stereocenters. The number of rotatable bonds is 4. The third-order valence-corrected chi connectivity index (χ3v) is 4.71. The van der Waals surface area contributed by atoms with E-state index < -0.39 is 36.3 Å². The first-order valence-corrected chi connectivity index (χ1v) is 8.92. The second kappa shape index (κ2) is 5.53. The van der Waals surface area contributed by atoms with E-state index in [9.17, 15) is 31.4 Å². The van der Waals surface area contributed by atoms with E-state index in [0.29, 0.717) is 12.1 Å². The smallest absolute Gasteiger partial charge is 0.296 e. The molecule has 1 aromatic carbocycles. The van der Waals surface area contributed by atoms with Crippen molar-refractivity contribution in [1.82, 2.24) is 9.78 Å². The first-order chi connectivity index (χ1) is 10.0. The van der Waals surface area contributed by atoms with Crippen LogP contribution in [-0.4, -0.2) is 36.4 Å². The van der Waals surface area contributed by atoms with Crippen LogP contribution in [0.4, 0.5) is 0 Å². The quantitative estimate of drug-likeness (QED) is 0.524. The number of nitrogens with one attached hydrogen (secondary N) is 1. The maximum absolute atomic E-state index is 11.9. The lowest BCUT2D eigenvalue weighted by Gasteiger charge is -2.20. The lowest BCUT2D eigenvalue weighted by molar-refractivity contribution is 0.375. The summed E-state index contributed by atoms with van der Waals surface area (Å²) in [6.07, 6.45) is 0.471. The lowest BCUT2D eigenvalue weighted by Crippen LogP contribution is -2.17. The van der Waals surface area contributed by atoms with Crippen molar-refractivity contribution in [3.8, 4) is 5.69 Å². The Kier molecular flexibility index (Phi) is 4.21. The Morgan fingerprint density at radius 1 is 1.14 bits per heavy atom. The van der Waals surface area contributed by atoms with Gasteiger partial charge in [0, 0.05) is 11.8 Å². The number of nitrogens with zero attached hydrogens (tertiary/aromatic N) is 1. The molecule has 11 heteroatoms. The van der Waals surface area contributed by atoms with Crippen LogP contribution in [0.15, 0.2) is 38.9 Å². The molecule has 2 rings (SSSR count). The standard InChI is InChI=1S/C11H14N2O7S2/c1-2-7-5-11(14)13(12-7)9-6-8(21(15,16)17)3-4-10(9)22(18,19)20/h3-6,12,15-17H,2H2,1H3,(H,18,19,20). The molecular weight excluding hydrogens is 336 g/mol. The van der Waals surface area contributed by atoms with E-state index in [2.05, 4.69) is 5.10 Å². The van der Waals surface area contributed by atoms with Gasteiger partial charge >= 0.3 is 0 Å². The third-order valence-electron chi connectivity index (χ3n) is 2.92. The molecule has 0 atom stereocenters. The SMILES string of the molecule is CCc1cc(=O)n(-c2cc(S(O)(O)O)ccc2S(=O)(=O)O)[nH]1. The number of benzene rings is 1. The summed E-state index contributed by atoms with van der Waals surface area (Å²) in [4.78, 5) is 10.9. The Bertz CT molecular complexity index is 861. The monoisotopic (exact) mass is 350 g/mol. The maximum Gasteiger partial charge on any atom is 0.296 e. The highest BCUT2D eigenvalue weighted by molar-refractivity contribution is 8.19. The van der Waals surface area contributed by atoms with Crippen LogP contribution in [0.1, 0.15) is 12.6 Å². The summed E-state index contributed by atoms with van der Waals surface area (Å²) in [6.45, 7) is 1.76. The minimum absolute atomic E-state index is 0.335. The largest absolute Gasteiger partial charge is 0.304 e. The molecule has 22 heavy (non-hydrogen) atoms. The van der Waals surface area contributed by atoms with E-state index in [-0.39, 0.29) is 5.69 Å². The summed E-state index contributed by atoms with van der Waals surface area (Å²) in [7, 11) is -8.79. The summed E-state index contributed by atoms with van der Waals surface area (Å²) in [6, 6.07) is 3.92. The van der Waals surface area contributed by atoms with Crippen molar-refractivity contribution in [3.05, 3.63) is 40.3 Å². The molecule has 0 fully saturated rings. The van der Waals surface area contributed by atoms with E-state index in [1.165, 1.54) is 6.07 Å². The molecule has 5 N–H and O–H groups in total. The predicted molar refractivity (Wildman–Crippen MR) is 79.3 cm³/mol. The van der Waals surface area contributed by atoms with Crippen LogP contribution in [0.5, 0.6) is 0 Å². The van der Waals surface area contributed by atoms with Crippen molar-refractivity contribution in [2.75, 3.05) is 0 Å². The maximum atomic E-state index is 11.9. The van der Waals surface area contributed by atoms with Crippen LogP contribution >= 0.6 is 10.9 Å². The molecule has 0 amide bonds. The predicted octanol–water partition coefficient (Wildman–Crippen LogP) is 1.56. The van der Waals surface area contributed by atoms with Crippen molar-refractivity contribution >= 4 is 21.0 Å². The highest BCUT2D eigenvalue weighted by atomic mass is 32.3. The molecule has 1 aromatic heterocycles. The molecule has 0 aliphatic rings. The third kappa shape index (κ3) is 3.24. The molecule has 0 saturated carbocycles. The van der Waals surface area contributed by atoms with E-state index >= 15 is 0 Å². The summed E-state index contributed by atoms with van der Waals surface area (Å²) >= 11 is 0. The number of aromatic nitrogens is 2. The average Bonchev–Trinajstić information content (AvgIpc) is 2.77. The first kappa shape index (κ1) is 16.7. The van der Waals surface area contributed by atoms with Crippen molar-refractivity contribution in [2.24, 2.45) is 0 Å². The van der Waals surface area contributed by atoms with Crippen LogP contribution in [0.2, 0.25) is 0 Å². The van der Waals surface area contributed by atoms with Crippen LogP contribution in [0.3, 0.4) is 0 Å². The number of aromatic amines is 1. The van der Waals surface area contributed by atoms with Gasteiger partial charge in [0.1, 0.15) is 15.8 Å². The molecule has 0 bridgehead atoms. The molecule has 1 heterocycles. The van der Waals surface area contributed by atoms with E-state index in [4.69, 9.17) is 0 Å². The normalized spacial score (nSPS) is 13.3. The summed E-state index contributed by atoms with van der Waals surface area (Å²) < 4.78 is 60.7. The second-order valence-corrected chi connectivity index (χ2v) is 7.33. The van der Waals surface area contributed by atoms with Gasteiger partial charge in [0.25, 0.3) is 15.7 Å². The van der Waals surface area contributed by atoms with E-state index in [1.54, 1.807) is 6.92 Å². The molecule has 0 aliphatic carbocycles. The van der Waals surface area contributed by atoms with Gasteiger partial charge < -0.3 is 13.7 Å². The Labute approximate surface area is 127 Å². The summed E-state index contributed by atoms with van der Waals surface area (Å²) in [5.74, 6) is 0. The average molecular weight is 350 g/mol. The number of aryl methyl sites for hydroxylation is 1. The highest BCUT2D eigenvalue weighted by Gasteiger charge is 2.24. The fourth-order valence-corrected chi connectivity index (χ4v) is 3.04. The molecule has 0 saturated heterocycles. The zero-order valence-corrected chi connectivity index (χ0v) is 12.9.